The van der Waals surface area contributed by atoms with Crippen molar-refractivity contribution >= 4 is 29.0 Å². The van der Waals surface area contributed by atoms with E-state index in [1.807, 2.05) is 0 Å². The summed E-state index contributed by atoms with van der Waals surface area (Å²) in [4.78, 5) is 42.3. The number of hydrogen-bond acceptors (Lipinski definition) is 9. The van der Waals surface area contributed by atoms with Gasteiger partial charge in [-0.15, -0.1) is 0 Å². The Bertz CT molecular complexity index is 746. The summed E-state index contributed by atoms with van der Waals surface area (Å²) in [5, 5.41) is 23.8. The minimum absolute atomic E-state index is 0.380. The van der Waals surface area contributed by atoms with Crippen molar-refractivity contribution in [3.63, 3.8) is 0 Å². The zero-order chi connectivity index (χ0) is 18.4. The van der Waals surface area contributed by atoms with Gasteiger partial charge in [0.25, 0.3) is 5.69 Å². The predicted molar refractivity (Wildman–Crippen MR) is 75.4 cm³/mol. The normalized spacial score (nSPS) is 10.7. The minimum Gasteiger partial charge on any atom is -0.466 e. The Hall–Kier alpha value is -3.57. The number of nitro groups is 2. The van der Waals surface area contributed by atoms with E-state index < -0.39 is 50.4 Å². The van der Waals surface area contributed by atoms with Crippen LogP contribution in [0.25, 0.3) is 0 Å². The topological polar surface area (TPSA) is 151 Å². The summed E-state index contributed by atoms with van der Waals surface area (Å²) in [5.74, 6) is -3.48. The molecule has 0 spiro atoms. The largest absolute Gasteiger partial charge is 0.466 e. The van der Waals surface area contributed by atoms with Crippen molar-refractivity contribution in [2.45, 2.75) is 0 Å². The molecule has 0 radical (unpaired) electrons. The molecule has 24 heavy (non-hydrogen) atoms. The number of nitro benzene ring substituents is 2. The molecule has 0 bridgehead atoms. The van der Waals surface area contributed by atoms with Crippen LogP contribution in [0.3, 0.4) is 0 Å². The molecular formula is C12H10FN3O8. The van der Waals surface area contributed by atoms with E-state index in [-0.39, 0.29) is 0 Å². The fraction of sp³-hybridized carbons (Fsp3) is 0.167. The SMILES string of the molecule is COC(=O)/C=C(/Nc1cc(F)c([N+](=O)[O-])cc1[N+](=O)[O-])C(=O)OC. The van der Waals surface area contributed by atoms with Gasteiger partial charge in [0.1, 0.15) is 11.4 Å². The molecule has 0 atom stereocenters. The van der Waals surface area contributed by atoms with Crippen LogP contribution in [0, 0.1) is 26.0 Å². The van der Waals surface area contributed by atoms with Gasteiger partial charge in [0, 0.05) is 6.07 Å². The number of hydrogen-bond donors (Lipinski definition) is 1. The third-order valence-electron chi connectivity index (χ3n) is 2.60. The first-order valence-electron chi connectivity index (χ1n) is 5.98. The average Bonchev–Trinajstić information content (AvgIpc) is 2.52. The summed E-state index contributed by atoms with van der Waals surface area (Å²) in [5.41, 5.74) is -3.20. The molecule has 1 rings (SSSR count). The second kappa shape index (κ2) is 7.62. The number of carbonyl (C=O) groups excluding carboxylic acids is 2. The maximum Gasteiger partial charge on any atom is 0.354 e. The van der Waals surface area contributed by atoms with Crippen LogP contribution in [-0.4, -0.2) is 36.0 Å². The van der Waals surface area contributed by atoms with Crippen LogP contribution in [0.1, 0.15) is 0 Å². The maximum absolute atomic E-state index is 13.7. The second-order valence-electron chi connectivity index (χ2n) is 4.03. The second-order valence-corrected chi connectivity index (χ2v) is 4.03. The van der Waals surface area contributed by atoms with E-state index in [0.29, 0.717) is 18.2 Å². The smallest absolute Gasteiger partial charge is 0.354 e. The molecule has 0 amide bonds. The monoisotopic (exact) mass is 343 g/mol. The summed E-state index contributed by atoms with van der Waals surface area (Å²) in [6.07, 6.45) is 0.620. The first-order valence-corrected chi connectivity index (χ1v) is 5.98. The van der Waals surface area contributed by atoms with Crippen molar-refractivity contribution in [3.05, 3.63) is 50.0 Å². The molecule has 0 fully saturated rings. The number of anilines is 1. The van der Waals surface area contributed by atoms with E-state index in [0.717, 1.165) is 14.2 Å². The zero-order valence-electron chi connectivity index (χ0n) is 12.3. The zero-order valence-corrected chi connectivity index (χ0v) is 12.3. The molecule has 12 heteroatoms. The molecule has 1 N–H and O–H groups in total. The highest BCUT2D eigenvalue weighted by molar-refractivity contribution is 5.99. The summed E-state index contributed by atoms with van der Waals surface area (Å²) in [6.45, 7) is 0. The highest BCUT2D eigenvalue weighted by atomic mass is 19.1. The number of rotatable bonds is 6. The summed E-state index contributed by atoms with van der Waals surface area (Å²) < 4.78 is 22.4. The molecule has 1 aromatic carbocycles. The van der Waals surface area contributed by atoms with Crippen molar-refractivity contribution < 1.29 is 33.3 Å². The van der Waals surface area contributed by atoms with Crippen LogP contribution in [-0.2, 0) is 19.1 Å². The molecule has 1 aromatic rings. The van der Waals surface area contributed by atoms with Crippen LogP contribution in [0.4, 0.5) is 21.5 Å². The number of nitrogens with zero attached hydrogens (tertiary/aromatic N) is 2. The molecule has 0 heterocycles. The third kappa shape index (κ3) is 4.22. The minimum atomic E-state index is -1.38. The first-order chi connectivity index (χ1) is 11.2. The molecule has 0 unspecified atom stereocenters. The number of ether oxygens (including phenoxy) is 2. The third-order valence-corrected chi connectivity index (χ3v) is 2.60. The standard InChI is InChI=1S/C12H10FN3O8/c1-23-11(17)4-8(12(18)24-2)14-7-3-6(13)9(15(19)20)5-10(7)16(21)22/h3-5,14H,1-2H3/b8-4+. The van der Waals surface area contributed by atoms with E-state index in [4.69, 9.17) is 0 Å². The van der Waals surface area contributed by atoms with Crippen LogP contribution >= 0.6 is 0 Å². The van der Waals surface area contributed by atoms with Gasteiger partial charge in [-0.05, 0) is 0 Å². The van der Waals surface area contributed by atoms with Crippen molar-refractivity contribution in [2.24, 2.45) is 0 Å². The molecule has 0 saturated heterocycles. The van der Waals surface area contributed by atoms with E-state index in [9.17, 15) is 34.2 Å². The molecule has 128 valence electrons. The molecule has 0 aliphatic heterocycles. The van der Waals surface area contributed by atoms with Gasteiger partial charge >= 0.3 is 17.6 Å². The Labute approximate surface area is 133 Å². The van der Waals surface area contributed by atoms with Gasteiger partial charge in [-0.1, -0.05) is 0 Å². The number of halogens is 1. The Kier molecular flexibility index (Phi) is 5.87. The molecule has 0 aromatic heterocycles. The van der Waals surface area contributed by atoms with Crippen molar-refractivity contribution in [3.8, 4) is 0 Å². The quantitative estimate of drug-likeness (QED) is 0.348. The van der Waals surface area contributed by atoms with Crippen molar-refractivity contribution in [2.75, 3.05) is 19.5 Å². The average molecular weight is 343 g/mol. The number of carbonyl (C=O) groups is 2. The van der Waals surface area contributed by atoms with E-state index in [1.165, 1.54) is 0 Å². The summed E-state index contributed by atoms with van der Waals surface area (Å²) in [7, 11) is 1.99. The Morgan fingerprint density at radius 3 is 2.17 bits per heavy atom. The maximum atomic E-state index is 13.7. The van der Waals surface area contributed by atoms with Gasteiger partial charge in [0.15, 0.2) is 0 Å². The predicted octanol–water partition coefficient (Wildman–Crippen LogP) is 1.28. The molecule has 0 aliphatic rings. The van der Waals surface area contributed by atoms with E-state index in [1.54, 1.807) is 0 Å². The first kappa shape index (κ1) is 18.5. The Balaban J connectivity index is 3.43. The fourth-order valence-electron chi connectivity index (χ4n) is 1.52. The highest BCUT2D eigenvalue weighted by Crippen LogP contribution is 2.32. The lowest BCUT2D eigenvalue weighted by Crippen LogP contribution is -2.16. The Morgan fingerprint density at radius 1 is 1.12 bits per heavy atom. The highest BCUT2D eigenvalue weighted by Gasteiger charge is 2.26. The number of methoxy groups -OCH3 is 2. The lowest BCUT2D eigenvalue weighted by Gasteiger charge is -2.09. The van der Waals surface area contributed by atoms with E-state index >= 15 is 0 Å². The summed E-state index contributed by atoms with van der Waals surface area (Å²) >= 11 is 0. The van der Waals surface area contributed by atoms with Crippen LogP contribution < -0.4 is 5.32 Å². The van der Waals surface area contributed by atoms with Crippen LogP contribution in [0.15, 0.2) is 23.9 Å². The number of esters is 2. The lowest BCUT2D eigenvalue weighted by molar-refractivity contribution is -0.395. The molecule has 0 aliphatic carbocycles. The number of benzene rings is 1. The molecule has 11 nitrogen and oxygen atoms in total. The van der Waals surface area contributed by atoms with Gasteiger partial charge in [-0.25, -0.2) is 9.59 Å². The molecule has 0 saturated carbocycles. The molecular weight excluding hydrogens is 333 g/mol. The number of nitrogens with one attached hydrogen (secondary N) is 1. The van der Waals surface area contributed by atoms with Crippen LogP contribution in [0.2, 0.25) is 0 Å². The summed E-state index contributed by atoms with van der Waals surface area (Å²) in [6, 6.07) is 0.828. The van der Waals surface area contributed by atoms with Gasteiger partial charge in [0.2, 0.25) is 5.82 Å². The van der Waals surface area contributed by atoms with Crippen molar-refractivity contribution in [1.82, 2.24) is 0 Å². The lowest BCUT2D eigenvalue weighted by atomic mass is 10.2. The fourth-order valence-corrected chi connectivity index (χ4v) is 1.52. The van der Waals surface area contributed by atoms with Gasteiger partial charge in [-0.2, -0.15) is 4.39 Å². The van der Waals surface area contributed by atoms with Gasteiger partial charge < -0.3 is 14.8 Å². The van der Waals surface area contributed by atoms with Gasteiger partial charge in [-0.3, -0.25) is 20.2 Å². The van der Waals surface area contributed by atoms with Gasteiger partial charge in [0.05, 0.1) is 36.2 Å². The van der Waals surface area contributed by atoms with E-state index in [2.05, 4.69) is 14.8 Å². The van der Waals surface area contributed by atoms with Crippen LogP contribution in [0.5, 0.6) is 0 Å². The Morgan fingerprint density at radius 2 is 1.71 bits per heavy atom. The van der Waals surface area contributed by atoms with Crippen molar-refractivity contribution in [1.29, 1.82) is 0 Å².